The molecule has 3 heterocycles. The Hall–Kier alpha value is -4.74. The molecule has 10 nitrogen and oxygen atoms in total. The number of hydrogen-bond acceptors (Lipinski definition) is 8. The number of aromatic carboxylic acids is 1. The third-order valence-corrected chi connectivity index (χ3v) is 7.88. The van der Waals surface area contributed by atoms with Gasteiger partial charge in [0.2, 0.25) is 0 Å². The van der Waals surface area contributed by atoms with Gasteiger partial charge in [0.25, 0.3) is 11.8 Å². The summed E-state index contributed by atoms with van der Waals surface area (Å²) < 4.78 is 11.6. The van der Waals surface area contributed by atoms with Crippen molar-refractivity contribution >= 4 is 34.8 Å². The molecule has 2 amide bonds. The summed E-state index contributed by atoms with van der Waals surface area (Å²) >= 11 is 1.54. The molecule has 216 valence electrons. The van der Waals surface area contributed by atoms with Crippen LogP contribution in [0, 0.1) is 0 Å². The minimum Gasteiger partial charge on any atom is -0.495 e. The van der Waals surface area contributed by atoms with Crippen molar-refractivity contribution in [1.29, 1.82) is 0 Å². The number of amides is 2. The number of rotatable bonds is 9. The lowest BCUT2D eigenvalue weighted by atomic mass is 9.93. The van der Waals surface area contributed by atoms with Crippen LogP contribution in [0.4, 0.5) is 5.69 Å². The number of anilines is 1. The largest absolute Gasteiger partial charge is 0.495 e. The Morgan fingerprint density at radius 1 is 1.07 bits per heavy atom. The summed E-state index contributed by atoms with van der Waals surface area (Å²) in [6, 6.07) is 13.6. The van der Waals surface area contributed by atoms with Gasteiger partial charge in [-0.25, -0.2) is 9.78 Å². The van der Waals surface area contributed by atoms with Gasteiger partial charge in [0.1, 0.15) is 17.2 Å². The highest BCUT2D eigenvalue weighted by Gasteiger charge is 2.27. The molecule has 1 aliphatic rings. The van der Waals surface area contributed by atoms with E-state index < -0.39 is 17.8 Å². The van der Waals surface area contributed by atoms with Crippen LogP contribution in [0.3, 0.4) is 0 Å². The van der Waals surface area contributed by atoms with Gasteiger partial charge in [0, 0.05) is 46.6 Å². The van der Waals surface area contributed by atoms with Gasteiger partial charge in [-0.3, -0.25) is 9.59 Å². The van der Waals surface area contributed by atoms with Crippen LogP contribution in [0.25, 0.3) is 21.6 Å². The number of benzene rings is 2. The number of methoxy groups -OCH3 is 1. The number of aromatic nitrogens is 1. The van der Waals surface area contributed by atoms with Crippen LogP contribution < -0.4 is 25.8 Å². The number of nitrogens with two attached hydrogens (primary N) is 1. The maximum atomic E-state index is 14.0. The molecule has 4 aromatic rings. The van der Waals surface area contributed by atoms with Gasteiger partial charge in [0.15, 0.2) is 5.69 Å². The summed E-state index contributed by atoms with van der Waals surface area (Å²) in [5.41, 5.74) is 9.15. The zero-order chi connectivity index (χ0) is 29.8. The molecule has 0 saturated heterocycles. The fourth-order valence-electron chi connectivity index (χ4n) is 4.78. The highest BCUT2D eigenvalue weighted by Crippen LogP contribution is 2.43. The molecule has 0 spiro atoms. The van der Waals surface area contributed by atoms with E-state index in [0.717, 1.165) is 28.0 Å². The Morgan fingerprint density at radius 2 is 1.90 bits per heavy atom. The minimum absolute atomic E-state index is 0.0328. The lowest BCUT2D eigenvalue weighted by Gasteiger charge is -2.18. The molecule has 5 N–H and O–H groups in total. The number of carboxylic acid groups (broad SMARTS) is 1. The Balaban J connectivity index is 1.67. The van der Waals surface area contributed by atoms with Crippen molar-refractivity contribution in [2.75, 3.05) is 25.6 Å². The van der Waals surface area contributed by atoms with E-state index in [4.69, 9.17) is 15.2 Å². The second kappa shape index (κ2) is 12.4. The van der Waals surface area contributed by atoms with Gasteiger partial charge < -0.3 is 30.9 Å². The van der Waals surface area contributed by atoms with E-state index in [0.29, 0.717) is 48.9 Å². The summed E-state index contributed by atoms with van der Waals surface area (Å²) in [5.74, 6) is -1.35. The first-order valence-electron chi connectivity index (χ1n) is 13.4. The maximum Gasteiger partial charge on any atom is 0.355 e. The van der Waals surface area contributed by atoms with Crippen molar-refractivity contribution in [1.82, 2.24) is 10.3 Å². The number of carboxylic acids is 1. The molecule has 11 heteroatoms. The first-order valence-corrected chi connectivity index (χ1v) is 14.3. The van der Waals surface area contributed by atoms with Crippen LogP contribution in [-0.4, -0.2) is 48.1 Å². The van der Waals surface area contributed by atoms with E-state index in [9.17, 15) is 19.5 Å². The number of carbonyl (C=O) groups is 3. The second-order valence-electron chi connectivity index (χ2n) is 9.61. The average Bonchev–Trinajstić information content (AvgIpc) is 3.40. The number of nitrogens with one attached hydrogen (secondary N) is 2. The van der Waals surface area contributed by atoms with E-state index in [1.54, 1.807) is 41.7 Å². The standard InChI is InChI=1S/C31H30N4O6S/c1-3-10-33-30(37)24-7-5-19(27(34-24)31(38)39)20-15-25-22(28-18(8-11-41-25)9-12-42-28)14-21(20)29(36)35-23-6-4-17(16-32)13-26(23)40-2/h4-7,9,12-15H,3,8,10-11,16,32H2,1-2H3,(H,33,37)(H,35,36)(H,38,39). The molecule has 0 unspecified atom stereocenters. The molecule has 5 rings (SSSR count). The molecule has 0 radical (unpaired) electrons. The predicted molar refractivity (Wildman–Crippen MR) is 161 cm³/mol. The number of carbonyl (C=O) groups excluding carboxylic acids is 2. The van der Waals surface area contributed by atoms with Crippen LogP contribution in [0.2, 0.25) is 0 Å². The summed E-state index contributed by atoms with van der Waals surface area (Å²) in [6.07, 6.45) is 1.41. The zero-order valence-corrected chi connectivity index (χ0v) is 24.0. The average molecular weight is 587 g/mol. The molecule has 2 aromatic heterocycles. The van der Waals surface area contributed by atoms with Gasteiger partial charge >= 0.3 is 5.97 Å². The van der Waals surface area contributed by atoms with Crippen LogP contribution in [0.1, 0.15) is 55.8 Å². The minimum atomic E-state index is -1.34. The van der Waals surface area contributed by atoms with Crippen molar-refractivity contribution in [2.45, 2.75) is 26.3 Å². The molecular formula is C31H30N4O6S. The molecule has 0 bridgehead atoms. The molecule has 1 aliphatic heterocycles. The molecule has 0 atom stereocenters. The summed E-state index contributed by atoms with van der Waals surface area (Å²) in [4.78, 5) is 44.1. The summed E-state index contributed by atoms with van der Waals surface area (Å²) in [7, 11) is 1.50. The zero-order valence-electron chi connectivity index (χ0n) is 23.2. The third kappa shape index (κ3) is 5.69. The molecule has 0 aliphatic carbocycles. The van der Waals surface area contributed by atoms with Gasteiger partial charge in [-0.2, -0.15) is 0 Å². The van der Waals surface area contributed by atoms with Crippen LogP contribution in [-0.2, 0) is 13.0 Å². The number of nitrogens with zero attached hydrogens (tertiary/aromatic N) is 1. The number of hydrogen-bond donors (Lipinski definition) is 4. The predicted octanol–water partition coefficient (Wildman–Crippen LogP) is 4.97. The van der Waals surface area contributed by atoms with Crippen molar-refractivity contribution in [3.63, 3.8) is 0 Å². The Morgan fingerprint density at radius 3 is 2.64 bits per heavy atom. The summed E-state index contributed by atoms with van der Waals surface area (Å²) in [5, 5.41) is 17.7. The molecule has 0 saturated carbocycles. The SMILES string of the molecule is CCCNC(=O)c1ccc(-c2cc3c(cc2C(=O)Nc2ccc(CN)cc2OC)-c2sccc2CCO3)c(C(=O)O)n1. The molecule has 0 fully saturated rings. The lowest BCUT2D eigenvalue weighted by Crippen LogP contribution is -2.25. The van der Waals surface area contributed by atoms with E-state index in [-0.39, 0.29) is 22.5 Å². The fraction of sp³-hybridized carbons (Fsp3) is 0.226. The van der Waals surface area contributed by atoms with Crippen LogP contribution in [0.5, 0.6) is 11.5 Å². The first-order chi connectivity index (χ1) is 20.3. The van der Waals surface area contributed by atoms with E-state index in [1.807, 2.05) is 18.4 Å². The Kier molecular flexibility index (Phi) is 8.51. The number of pyridine rings is 1. The monoisotopic (exact) mass is 586 g/mol. The van der Waals surface area contributed by atoms with Gasteiger partial charge in [0.05, 0.1) is 19.4 Å². The quantitative estimate of drug-likeness (QED) is 0.214. The Bertz CT molecular complexity index is 1680. The normalized spacial score (nSPS) is 11.9. The van der Waals surface area contributed by atoms with Crippen LogP contribution >= 0.6 is 11.3 Å². The smallest absolute Gasteiger partial charge is 0.355 e. The van der Waals surface area contributed by atoms with Gasteiger partial charge in [-0.05, 0) is 65.4 Å². The summed E-state index contributed by atoms with van der Waals surface area (Å²) in [6.45, 7) is 3.07. The number of thiophene rings is 1. The third-order valence-electron chi connectivity index (χ3n) is 6.89. The van der Waals surface area contributed by atoms with Crippen molar-refractivity contribution in [3.8, 4) is 33.1 Å². The molecule has 42 heavy (non-hydrogen) atoms. The highest BCUT2D eigenvalue weighted by molar-refractivity contribution is 7.13. The van der Waals surface area contributed by atoms with E-state index in [1.165, 1.54) is 19.2 Å². The number of ether oxygens (including phenoxy) is 2. The molecular weight excluding hydrogens is 556 g/mol. The lowest BCUT2D eigenvalue weighted by molar-refractivity contribution is 0.0691. The van der Waals surface area contributed by atoms with Gasteiger partial charge in [-0.1, -0.05) is 13.0 Å². The number of fused-ring (bicyclic) bond motifs is 3. The highest BCUT2D eigenvalue weighted by atomic mass is 32.1. The van der Waals surface area contributed by atoms with Crippen molar-refractivity contribution in [3.05, 3.63) is 82.0 Å². The van der Waals surface area contributed by atoms with Crippen molar-refractivity contribution < 1.29 is 29.0 Å². The maximum absolute atomic E-state index is 14.0. The van der Waals surface area contributed by atoms with E-state index >= 15 is 0 Å². The van der Waals surface area contributed by atoms with Crippen LogP contribution in [0.15, 0.2) is 53.9 Å². The second-order valence-corrected chi connectivity index (χ2v) is 10.5. The fourth-order valence-corrected chi connectivity index (χ4v) is 5.75. The topological polar surface area (TPSA) is 153 Å². The van der Waals surface area contributed by atoms with Crippen molar-refractivity contribution in [2.24, 2.45) is 5.73 Å². The van der Waals surface area contributed by atoms with E-state index in [2.05, 4.69) is 15.6 Å². The Labute approximate surface area is 246 Å². The molecule has 2 aromatic carbocycles. The van der Waals surface area contributed by atoms with Gasteiger partial charge in [-0.15, -0.1) is 11.3 Å². The first kappa shape index (κ1) is 28.8.